The van der Waals surface area contributed by atoms with Gasteiger partial charge < -0.3 is 0 Å². The van der Waals surface area contributed by atoms with Crippen molar-refractivity contribution in [1.29, 1.82) is 0 Å². The van der Waals surface area contributed by atoms with Crippen molar-refractivity contribution < 1.29 is 8.42 Å². The fourth-order valence-electron chi connectivity index (χ4n) is 1.02. The lowest BCUT2D eigenvalue weighted by atomic mass is 10.4. The monoisotopic (exact) mass is 224 g/mol. The van der Waals surface area contributed by atoms with E-state index in [1.54, 1.807) is 26.0 Å². The van der Waals surface area contributed by atoms with Crippen LogP contribution in [0.25, 0.3) is 0 Å². The van der Waals surface area contributed by atoms with Crippen molar-refractivity contribution in [3.8, 4) is 0 Å². The SMILES string of the molecule is C=C/C=C\C(=C/C)S(=O)(=O)/C(C=C)=C/C. The van der Waals surface area contributed by atoms with Gasteiger partial charge in [0.2, 0.25) is 9.84 Å². The van der Waals surface area contributed by atoms with Crippen LogP contribution >= 0.6 is 0 Å². The molecule has 0 aromatic rings. The molecular weight excluding hydrogens is 208 g/mol. The first-order chi connectivity index (χ1) is 7.04. The van der Waals surface area contributed by atoms with Gasteiger partial charge in [-0.3, -0.25) is 0 Å². The molecule has 3 heteroatoms. The molecule has 0 heterocycles. The highest BCUT2D eigenvalue weighted by molar-refractivity contribution is 7.99. The summed E-state index contributed by atoms with van der Waals surface area (Å²) in [6.45, 7) is 10.3. The van der Waals surface area contributed by atoms with E-state index in [-0.39, 0.29) is 9.81 Å². The van der Waals surface area contributed by atoms with Crippen LogP contribution in [0.4, 0.5) is 0 Å². The number of allylic oxidation sites excluding steroid dienone is 6. The van der Waals surface area contributed by atoms with Gasteiger partial charge in [0.05, 0.1) is 9.81 Å². The minimum Gasteiger partial charge on any atom is -0.219 e. The van der Waals surface area contributed by atoms with E-state index in [0.717, 1.165) is 0 Å². The molecule has 0 aromatic heterocycles. The lowest BCUT2D eigenvalue weighted by Crippen LogP contribution is -2.03. The molecular formula is C12H16O2S. The molecule has 15 heavy (non-hydrogen) atoms. The second-order valence-corrected chi connectivity index (χ2v) is 4.63. The predicted octanol–water partition coefficient (Wildman–Crippen LogP) is 3.14. The Bertz CT molecular complexity index is 421. The summed E-state index contributed by atoms with van der Waals surface area (Å²) in [4.78, 5) is 0.458. The minimum absolute atomic E-state index is 0.212. The molecule has 0 aliphatic heterocycles. The quantitative estimate of drug-likeness (QED) is 0.672. The van der Waals surface area contributed by atoms with E-state index in [0.29, 0.717) is 0 Å². The summed E-state index contributed by atoms with van der Waals surface area (Å²) in [6, 6.07) is 0. The van der Waals surface area contributed by atoms with Crippen LogP contribution in [0.1, 0.15) is 13.8 Å². The van der Waals surface area contributed by atoms with Crippen LogP contribution in [-0.2, 0) is 9.84 Å². The molecule has 0 saturated heterocycles. The number of hydrogen-bond donors (Lipinski definition) is 0. The molecule has 0 rings (SSSR count). The van der Waals surface area contributed by atoms with Crippen molar-refractivity contribution in [2.24, 2.45) is 0 Å². The molecule has 0 N–H and O–H groups in total. The molecule has 2 nitrogen and oxygen atoms in total. The second kappa shape index (κ2) is 6.19. The maximum absolute atomic E-state index is 11.9. The third kappa shape index (κ3) is 3.36. The van der Waals surface area contributed by atoms with Gasteiger partial charge in [-0.1, -0.05) is 43.5 Å². The molecule has 0 fully saturated rings. The average molecular weight is 224 g/mol. The molecule has 0 aliphatic carbocycles. The number of hydrogen-bond acceptors (Lipinski definition) is 2. The third-order valence-corrected chi connectivity index (χ3v) is 3.80. The smallest absolute Gasteiger partial charge is 0.205 e. The van der Waals surface area contributed by atoms with Crippen LogP contribution in [0.15, 0.2) is 59.4 Å². The van der Waals surface area contributed by atoms with Gasteiger partial charge in [-0.2, -0.15) is 0 Å². The maximum atomic E-state index is 11.9. The van der Waals surface area contributed by atoms with E-state index in [2.05, 4.69) is 13.2 Å². The summed E-state index contributed by atoms with van der Waals surface area (Å²) < 4.78 is 23.9. The first kappa shape index (κ1) is 13.7. The summed E-state index contributed by atoms with van der Waals surface area (Å²) in [6.07, 6.45) is 9.03. The topological polar surface area (TPSA) is 34.1 Å². The van der Waals surface area contributed by atoms with E-state index in [1.807, 2.05) is 0 Å². The Morgan fingerprint density at radius 3 is 1.93 bits per heavy atom. The van der Waals surface area contributed by atoms with E-state index in [4.69, 9.17) is 0 Å². The third-order valence-electron chi connectivity index (χ3n) is 1.79. The predicted molar refractivity (Wildman–Crippen MR) is 66.0 cm³/mol. The first-order valence-corrected chi connectivity index (χ1v) is 6.02. The van der Waals surface area contributed by atoms with E-state index in [1.165, 1.54) is 24.3 Å². The van der Waals surface area contributed by atoms with Gasteiger partial charge in [0.25, 0.3) is 0 Å². The Hall–Kier alpha value is -1.35. The van der Waals surface area contributed by atoms with Gasteiger partial charge in [-0.15, -0.1) is 0 Å². The molecule has 0 amide bonds. The van der Waals surface area contributed by atoms with Crippen molar-refractivity contribution in [2.75, 3.05) is 0 Å². The largest absolute Gasteiger partial charge is 0.219 e. The summed E-state index contributed by atoms with van der Waals surface area (Å²) in [7, 11) is -3.42. The molecule has 0 unspecified atom stereocenters. The van der Waals surface area contributed by atoms with E-state index >= 15 is 0 Å². The molecule has 0 aliphatic rings. The van der Waals surface area contributed by atoms with Crippen LogP contribution < -0.4 is 0 Å². The van der Waals surface area contributed by atoms with E-state index < -0.39 is 9.84 Å². The molecule has 82 valence electrons. The van der Waals surface area contributed by atoms with Crippen molar-refractivity contribution in [3.63, 3.8) is 0 Å². The second-order valence-electron chi connectivity index (χ2n) is 2.68. The molecule has 0 saturated carbocycles. The highest BCUT2D eigenvalue weighted by atomic mass is 32.2. The van der Waals surface area contributed by atoms with Gasteiger partial charge in [-0.05, 0) is 19.9 Å². The zero-order chi connectivity index (χ0) is 11.9. The normalized spacial score (nSPS) is 14.3. The Balaban J connectivity index is 5.45. The van der Waals surface area contributed by atoms with Crippen LogP contribution in [0.3, 0.4) is 0 Å². The van der Waals surface area contributed by atoms with Gasteiger partial charge in [0, 0.05) is 0 Å². The lowest BCUT2D eigenvalue weighted by molar-refractivity contribution is 0.609. The minimum atomic E-state index is -3.42. The van der Waals surface area contributed by atoms with Crippen LogP contribution in [0.5, 0.6) is 0 Å². The highest BCUT2D eigenvalue weighted by Crippen LogP contribution is 2.19. The van der Waals surface area contributed by atoms with Crippen LogP contribution in [-0.4, -0.2) is 8.42 Å². The van der Waals surface area contributed by atoms with Gasteiger partial charge in [-0.25, -0.2) is 8.42 Å². The fraction of sp³-hybridized carbons (Fsp3) is 0.167. The fourth-order valence-corrected chi connectivity index (χ4v) is 2.39. The lowest BCUT2D eigenvalue weighted by Gasteiger charge is -2.04. The number of rotatable bonds is 5. The summed E-state index contributed by atoms with van der Waals surface area (Å²) >= 11 is 0. The molecule has 0 radical (unpaired) electrons. The standard InChI is InChI=1S/C12H16O2S/c1-5-9-10-12(8-4)15(13,14)11(6-2)7-3/h5-10H,1-2H2,3-4H3/b10-9-,11-7+,12-8+. The molecule has 0 bridgehead atoms. The van der Waals surface area contributed by atoms with Crippen molar-refractivity contribution in [2.45, 2.75) is 13.8 Å². The molecule has 0 spiro atoms. The summed E-state index contributed by atoms with van der Waals surface area (Å²) in [5.41, 5.74) is 0. The zero-order valence-electron chi connectivity index (χ0n) is 9.10. The van der Waals surface area contributed by atoms with Crippen molar-refractivity contribution >= 4 is 9.84 Å². The average Bonchev–Trinajstić information content (AvgIpc) is 2.20. The summed E-state index contributed by atoms with van der Waals surface area (Å²) in [5, 5.41) is 0. The Kier molecular flexibility index (Phi) is 5.64. The Morgan fingerprint density at radius 2 is 1.60 bits per heavy atom. The van der Waals surface area contributed by atoms with Crippen LogP contribution in [0.2, 0.25) is 0 Å². The highest BCUT2D eigenvalue weighted by Gasteiger charge is 2.17. The maximum Gasteiger partial charge on any atom is 0.205 e. The molecule has 0 atom stereocenters. The van der Waals surface area contributed by atoms with Crippen molar-refractivity contribution in [3.05, 3.63) is 59.4 Å². The van der Waals surface area contributed by atoms with Crippen LogP contribution in [0, 0.1) is 0 Å². The number of sulfone groups is 1. The first-order valence-electron chi connectivity index (χ1n) is 4.53. The summed E-state index contributed by atoms with van der Waals surface area (Å²) in [5.74, 6) is 0. The van der Waals surface area contributed by atoms with Gasteiger partial charge in [0.15, 0.2) is 0 Å². The van der Waals surface area contributed by atoms with Gasteiger partial charge in [0.1, 0.15) is 0 Å². The van der Waals surface area contributed by atoms with Gasteiger partial charge >= 0.3 is 0 Å². The zero-order valence-corrected chi connectivity index (χ0v) is 9.92. The van der Waals surface area contributed by atoms with Crippen molar-refractivity contribution in [1.82, 2.24) is 0 Å². The van der Waals surface area contributed by atoms with E-state index in [9.17, 15) is 8.42 Å². The Morgan fingerprint density at radius 1 is 1.07 bits per heavy atom. The Labute approximate surface area is 91.9 Å². The molecule has 0 aromatic carbocycles.